The third kappa shape index (κ3) is 2.96. The molecule has 10 heavy (non-hydrogen) atoms. The van der Waals surface area contributed by atoms with Gasteiger partial charge in [0.15, 0.2) is 0 Å². The van der Waals surface area contributed by atoms with Crippen LogP contribution in [0.25, 0.3) is 0 Å². The molecule has 0 aromatic carbocycles. The molecule has 0 saturated carbocycles. The van der Waals surface area contributed by atoms with Crippen molar-refractivity contribution in [3.8, 4) is 0 Å². The lowest BCUT2D eigenvalue weighted by Crippen LogP contribution is -2.10. The second kappa shape index (κ2) is 4.27. The van der Waals surface area contributed by atoms with E-state index in [2.05, 4.69) is 25.6 Å². The smallest absolute Gasteiger partial charge is 0.00649 e. The van der Waals surface area contributed by atoms with Gasteiger partial charge in [0.05, 0.1) is 0 Å². The standard InChI is InChI=1S/C9H17S/c1-8(2)7-9-3-5-10-6-4-9/h9H,3-7H2,1-2H3. The summed E-state index contributed by atoms with van der Waals surface area (Å²) in [6, 6.07) is 0. The van der Waals surface area contributed by atoms with Gasteiger partial charge in [-0.15, -0.1) is 0 Å². The van der Waals surface area contributed by atoms with Gasteiger partial charge in [-0.1, -0.05) is 13.8 Å². The molecule has 1 aliphatic heterocycles. The molecule has 1 fully saturated rings. The van der Waals surface area contributed by atoms with Crippen LogP contribution in [-0.2, 0) is 0 Å². The molecule has 0 unspecified atom stereocenters. The average molecular weight is 157 g/mol. The molecule has 0 N–H and O–H groups in total. The molecule has 0 aromatic rings. The highest BCUT2D eigenvalue weighted by Gasteiger charge is 2.14. The zero-order valence-electron chi connectivity index (χ0n) is 7.02. The highest BCUT2D eigenvalue weighted by molar-refractivity contribution is 7.99. The van der Waals surface area contributed by atoms with Gasteiger partial charge in [-0.05, 0) is 42.6 Å². The summed E-state index contributed by atoms with van der Waals surface area (Å²) in [6.07, 6.45) is 4.28. The van der Waals surface area contributed by atoms with E-state index in [4.69, 9.17) is 0 Å². The van der Waals surface area contributed by atoms with E-state index in [0.717, 1.165) is 5.92 Å². The molecule has 0 aromatic heterocycles. The fraction of sp³-hybridized carbons (Fsp3) is 0.889. The van der Waals surface area contributed by atoms with E-state index in [1.54, 1.807) is 5.92 Å². The Kier molecular flexibility index (Phi) is 3.61. The summed E-state index contributed by atoms with van der Waals surface area (Å²) in [5, 5.41) is 0. The lowest BCUT2D eigenvalue weighted by molar-refractivity contribution is 0.464. The number of hydrogen-bond acceptors (Lipinski definition) is 1. The lowest BCUT2D eigenvalue weighted by atomic mass is 9.92. The summed E-state index contributed by atoms with van der Waals surface area (Å²) in [7, 11) is 0. The van der Waals surface area contributed by atoms with Crippen LogP contribution in [0.5, 0.6) is 0 Å². The zero-order valence-corrected chi connectivity index (χ0v) is 7.84. The van der Waals surface area contributed by atoms with Crippen LogP contribution in [-0.4, -0.2) is 11.5 Å². The van der Waals surface area contributed by atoms with E-state index in [1.165, 1.54) is 30.8 Å². The van der Waals surface area contributed by atoms with E-state index < -0.39 is 0 Å². The first-order valence-corrected chi connectivity index (χ1v) is 5.31. The maximum absolute atomic E-state index is 2.25. The second-order valence-electron chi connectivity index (χ2n) is 3.47. The Morgan fingerprint density at radius 1 is 1.30 bits per heavy atom. The minimum absolute atomic E-state index is 1.02. The first-order chi connectivity index (χ1) is 4.79. The monoisotopic (exact) mass is 157 g/mol. The van der Waals surface area contributed by atoms with Crippen LogP contribution in [0.15, 0.2) is 0 Å². The van der Waals surface area contributed by atoms with E-state index in [-0.39, 0.29) is 0 Å². The molecule has 1 heteroatoms. The SMILES string of the molecule is C[C](C)CC1CCSCC1. The number of hydrogen-bond donors (Lipinski definition) is 0. The van der Waals surface area contributed by atoms with Crippen molar-refractivity contribution in [3.63, 3.8) is 0 Å². The molecule has 0 nitrogen and oxygen atoms in total. The van der Waals surface area contributed by atoms with Crippen LogP contribution in [0.1, 0.15) is 33.1 Å². The van der Waals surface area contributed by atoms with Gasteiger partial charge in [-0.2, -0.15) is 11.8 Å². The van der Waals surface area contributed by atoms with Crippen molar-refractivity contribution in [2.45, 2.75) is 33.1 Å². The van der Waals surface area contributed by atoms with Crippen molar-refractivity contribution < 1.29 is 0 Å². The molecule has 1 aliphatic rings. The Bertz CT molecular complexity index is 82.7. The topological polar surface area (TPSA) is 0 Å². The van der Waals surface area contributed by atoms with Crippen LogP contribution < -0.4 is 0 Å². The Morgan fingerprint density at radius 3 is 2.40 bits per heavy atom. The average Bonchev–Trinajstić information content (AvgIpc) is 1.88. The third-order valence-corrected chi connectivity index (χ3v) is 3.09. The van der Waals surface area contributed by atoms with Gasteiger partial charge in [0, 0.05) is 0 Å². The Labute approximate surface area is 68.8 Å². The Balaban J connectivity index is 2.13. The fourth-order valence-corrected chi connectivity index (χ4v) is 2.73. The van der Waals surface area contributed by atoms with Gasteiger partial charge in [-0.3, -0.25) is 0 Å². The van der Waals surface area contributed by atoms with Crippen molar-refractivity contribution in [2.75, 3.05) is 11.5 Å². The highest BCUT2D eigenvalue weighted by Crippen LogP contribution is 2.28. The van der Waals surface area contributed by atoms with E-state index in [9.17, 15) is 0 Å². The van der Waals surface area contributed by atoms with Gasteiger partial charge in [0.25, 0.3) is 0 Å². The fourth-order valence-electron chi connectivity index (χ4n) is 1.53. The molecule has 59 valence electrons. The summed E-state index contributed by atoms with van der Waals surface area (Å²) >= 11 is 2.12. The summed E-state index contributed by atoms with van der Waals surface area (Å²) in [6.45, 7) is 4.50. The van der Waals surface area contributed by atoms with E-state index in [1.807, 2.05) is 0 Å². The van der Waals surface area contributed by atoms with Crippen molar-refractivity contribution in [1.29, 1.82) is 0 Å². The first kappa shape index (κ1) is 8.45. The predicted molar refractivity (Wildman–Crippen MR) is 49.3 cm³/mol. The summed E-state index contributed by atoms with van der Waals surface area (Å²) in [5.74, 6) is 5.43. The van der Waals surface area contributed by atoms with Crippen molar-refractivity contribution in [1.82, 2.24) is 0 Å². The van der Waals surface area contributed by atoms with Gasteiger partial charge in [-0.25, -0.2) is 0 Å². The van der Waals surface area contributed by atoms with Crippen LogP contribution in [0.3, 0.4) is 0 Å². The molecule has 0 atom stereocenters. The van der Waals surface area contributed by atoms with Crippen LogP contribution in [0, 0.1) is 11.8 Å². The second-order valence-corrected chi connectivity index (χ2v) is 4.69. The van der Waals surface area contributed by atoms with Crippen LogP contribution >= 0.6 is 11.8 Å². The van der Waals surface area contributed by atoms with Gasteiger partial charge < -0.3 is 0 Å². The van der Waals surface area contributed by atoms with E-state index in [0.29, 0.717) is 0 Å². The van der Waals surface area contributed by atoms with Crippen molar-refractivity contribution in [2.24, 2.45) is 5.92 Å². The van der Waals surface area contributed by atoms with Gasteiger partial charge >= 0.3 is 0 Å². The molecule has 0 amide bonds. The van der Waals surface area contributed by atoms with Gasteiger partial charge in [0.2, 0.25) is 0 Å². The molecule has 0 spiro atoms. The number of rotatable bonds is 2. The molecule has 1 rings (SSSR count). The maximum Gasteiger partial charge on any atom is -0.00649 e. The molecule has 1 saturated heterocycles. The van der Waals surface area contributed by atoms with Crippen LogP contribution in [0.4, 0.5) is 0 Å². The largest absolute Gasteiger partial charge is 0.162 e. The molecular weight excluding hydrogens is 140 g/mol. The van der Waals surface area contributed by atoms with Crippen molar-refractivity contribution in [3.05, 3.63) is 5.92 Å². The highest BCUT2D eigenvalue weighted by atomic mass is 32.2. The summed E-state index contributed by atoms with van der Waals surface area (Å²) in [4.78, 5) is 0. The van der Waals surface area contributed by atoms with Crippen molar-refractivity contribution >= 4 is 11.8 Å². The molecule has 0 bridgehead atoms. The maximum atomic E-state index is 2.25. The minimum atomic E-state index is 1.02. The molecule has 1 radical (unpaired) electrons. The Hall–Kier alpha value is 0.350. The zero-order chi connectivity index (χ0) is 7.40. The Morgan fingerprint density at radius 2 is 1.90 bits per heavy atom. The number of thioether (sulfide) groups is 1. The third-order valence-electron chi connectivity index (χ3n) is 2.04. The molecule has 1 heterocycles. The minimum Gasteiger partial charge on any atom is -0.162 e. The predicted octanol–water partition coefficient (Wildman–Crippen LogP) is 3.13. The first-order valence-electron chi connectivity index (χ1n) is 4.16. The molecular formula is C9H17S. The summed E-state index contributed by atoms with van der Waals surface area (Å²) < 4.78 is 0. The molecule has 0 aliphatic carbocycles. The van der Waals surface area contributed by atoms with Crippen LogP contribution in [0.2, 0.25) is 0 Å². The summed E-state index contributed by atoms with van der Waals surface area (Å²) in [5.41, 5.74) is 0. The normalized spacial score (nSPS) is 21.9. The lowest BCUT2D eigenvalue weighted by Gasteiger charge is -2.22. The van der Waals surface area contributed by atoms with E-state index >= 15 is 0 Å². The quantitative estimate of drug-likeness (QED) is 0.593. The van der Waals surface area contributed by atoms with Gasteiger partial charge in [0.1, 0.15) is 0 Å².